The van der Waals surface area contributed by atoms with Crippen LogP contribution in [0.2, 0.25) is 0 Å². The third-order valence-corrected chi connectivity index (χ3v) is 18.4. The number of piperidine rings is 5. The zero-order valence-corrected chi connectivity index (χ0v) is 80.4. The Kier molecular flexibility index (Phi) is 97.5. The highest BCUT2D eigenvalue weighted by Crippen LogP contribution is 2.30. The lowest BCUT2D eigenvalue weighted by Crippen LogP contribution is -2.42. The molecule has 0 aromatic heterocycles. The van der Waals surface area contributed by atoms with E-state index in [1.54, 1.807) is 17.2 Å². The molecule has 9 aliphatic rings. The van der Waals surface area contributed by atoms with Crippen LogP contribution in [0.3, 0.4) is 0 Å². The van der Waals surface area contributed by atoms with E-state index in [9.17, 15) is 33.6 Å². The molecule has 112 heavy (non-hydrogen) atoms. The first-order valence-electron chi connectivity index (χ1n) is 43.8. The lowest BCUT2D eigenvalue weighted by Gasteiger charge is -2.27. The van der Waals surface area contributed by atoms with E-state index in [1.165, 1.54) is 18.5 Å². The number of rotatable bonds is 8. The summed E-state index contributed by atoms with van der Waals surface area (Å²) in [5, 5.41) is 27.6. The molecular formula is C94H190N10O7S. The smallest absolute Gasteiger partial charge is 0.326 e. The summed E-state index contributed by atoms with van der Waals surface area (Å²) in [6.45, 7) is 107. The maximum Gasteiger partial charge on any atom is 0.326 e. The molecular weight excluding hydrogens is 1410 g/mol. The van der Waals surface area contributed by atoms with Crippen LogP contribution in [-0.2, 0) is 28.8 Å². The molecule has 0 aromatic carbocycles. The number of carbonyl (C=O) groups excluding carboxylic acids is 7. The van der Waals surface area contributed by atoms with E-state index in [1.807, 2.05) is 150 Å². The Morgan fingerprint density at radius 3 is 0.902 bits per heavy atom. The van der Waals surface area contributed by atoms with E-state index in [2.05, 4.69) is 212 Å². The zero-order valence-electron chi connectivity index (χ0n) is 79.6. The Hall–Kier alpha value is -6.04. The van der Waals surface area contributed by atoms with Gasteiger partial charge in [-0.05, 0) is 150 Å². The first kappa shape index (κ1) is 129. The largest absolute Gasteiger partial charge is 0.389 e. The van der Waals surface area contributed by atoms with Gasteiger partial charge in [0.1, 0.15) is 0 Å². The van der Waals surface area contributed by atoms with E-state index in [-0.39, 0.29) is 84.5 Å². The average molecular weight is 1600 g/mol. The number of nitrogens with zero attached hydrogens (tertiary/aromatic N) is 1. The van der Waals surface area contributed by atoms with Gasteiger partial charge in [0, 0.05) is 114 Å². The van der Waals surface area contributed by atoms with Gasteiger partial charge in [-0.1, -0.05) is 296 Å². The highest BCUT2D eigenvalue weighted by atomic mass is 32.2. The Balaban J connectivity index is -0.000000110. The van der Waals surface area contributed by atoms with Crippen molar-refractivity contribution in [2.24, 2.45) is 82.9 Å². The van der Waals surface area contributed by atoms with Crippen molar-refractivity contribution in [3.63, 3.8) is 0 Å². The van der Waals surface area contributed by atoms with Crippen LogP contribution < -0.4 is 47.9 Å². The monoisotopic (exact) mass is 1600 g/mol. The Morgan fingerprint density at radius 1 is 0.357 bits per heavy atom. The fourth-order valence-corrected chi connectivity index (χ4v) is 11.6. The molecule has 0 bridgehead atoms. The summed E-state index contributed by atoms with van der Waals surface area (Å²) >= 11 is 1.87. The van der Waals surface area contributed by atoms with Gasteiger partial charge in [0.25, 0.3) is 0 Å². The summed E-state index contributed by atoms with van der Waals surface area (Å²) < 4.78 is 0. The highest BCUT2D eigenvalue weighted by Gasteiger charge is 2.31. The van der Waals surface area contributed by atoms with Gasteiger partial charge in [0.05, 0.1) is 5.03 Å². The second-order valence-corrected chi connectivity index (χ2v) is 30.4. The van der Waals surface area contributed by atoms with Crippen LogP contribution in [0.1, 0.15) is 347 Å². The van der Waals surface area contributed by atoms with Crippen LogP contribution in [0, 0.1) is 82.9 Å². The van der Waals surface area contributed by atoms with Gasteiger partial charge in [0.2, 0.25) is 35.4 Å². The van der Waals surface area contributed by atoms with Crippen LogP contribution in [0.4, 0.5) is 4.79 Å². The Morgan fingerprint density at radius 2 is 0.696 bits per heavy atom. The standard InChI is InChI=1S/3C9H15NO.C9H17N.C8H12N2O.C8H13NO.C8H15NO.C7H13NS.C4H7NO.C4H10.9C2H6.CH4/c3*1-6(2)8-5-4-7(3)10-9(8)11;1-7(2)9-5-4-8(3)10-6-9;1-6(2)10-5-4-7(3)9-8(10)11;1-5(2)7-4-6(3)9-8(7)10;1-6(2)7-4-3-5-9-8(7)10;1-5(2)7-4-8-6(3)9-7;6-4-2-1-3-5-4;1-4(2)3;9*1-2;/h3*6,8H,3-5H2,1-2H3,(H,10,11);7,9-10H,3-6H2,1-2H3;4-6H,3H2,1-2H3,(H,9,11);5,7H,3-4H2,1-2H3,(H,9,10);6-7H,3-5H2,1-2H3,(H,9,10);5,7-8H,3-4H2,1-2H3;1-3H2,(H,5,6);4H,1-3H3;9*1-2H3;1H4. The second kappa shape index (κ2) is 84.4. The van der Waals surface area contributed by atoms with Crippen molar-refractivity contribution in [2.75, 3.05) is 26.2 Å². The van der Waals surface area contributed by atoms with Crippen LogP contribution in [-0.4, -0.2) is 83.8 Å². The molecule has 7 atom stereocenters. The van der Waals surface area contributed by atoms with Crippen molar-refractivity contribution in [1.29, 1.82) is 0 Å². The van der Waals surface area contributed by atoms with Gasteiger partial charge in [0.15, 0.2) is 0 Å². The summed E-state index contributed by atoms with van der Waals surface area (Å²) in [6, 6.07) is 0.0897. The normalized spacial score (nSPS) is 20.4. The molecule has 0 spiro atoms. The number of allylic oxidation sites excluding steroid dienone is 6. The number of hydrogen-bond donors (Lipinski definition) is 9. The van der Waals surface area contributed by atoms with Gasteiger partial charge in [-0.25, -0.2) is 4.79 Å². The van der Waals surface area contributed by atoms with Gasteiger partial charge in [-0.3, -0.25) is 33.7 Å². The third-order valence-electron chi connectivity index (χ3n) is 16.9. The predicted octanol–water partition coefficient (Wildman–Crippen LogP) is 24.4. The molecule has 0 saturated carbocycles. The molecule has 9 rings (SSSR count). The number of amides is 8. The number of carbonyl (C=O) groups is 7. The van der Waals surface area contributed by atoms with Crippen molar-refractivity contribution in [3.8, 4) is 0 Å². The van der Waals surface area contributed by atoms with E-state index in [0.717, 1.165) is 154 Å². The highest BCUT2D eigenvalue weighted by molar-refractivity contribution is 8.03. The van der Waals surface area contributed by atoms with Gasteiger partial charge < -0.3 is 47.9 Å². The van der Waals surface area contributed by atoms with Crippen LogP contribution in [0.15, 0.2) is 97.5 Å². The van der Waals surface area contributed by atoms with Crippen molar-refractivity contribution < 1.29 is 33.6 Å². The molecule has 17 nitrogen and oxygen atoms in total. The first-order valence-corrected chi connectivity index (χ1v) is 44.6. The summed E-state index contributed by atoms with van der Waals surface area (Å²) in [5.41, 5.74) is 5.33. The fourth-order valence-electron chi connectivity index (χ4n) is 10.6. The lowest BCUT2D eigenvalue weighted by molar-refractivity contribution is -0.128. The quantitative estimate of drug-likeness (QED) is 0.112. The molecule has 0 aliphatic carbocycles. The second-order valence-electron chi connectivity index (χ2n) is 29.1. The maximum atomic E-state index is 11.3. The topological polar surface area (TPSA) is 231 Å². The molecule has 664 valence electrons. The van der Waals surface area contributed by atoms with Crippen molar-refractivity contribution >= 4 is 53.2 Å². The predicted molar refractivity (Wildman–Crippen MR) is 499 cm³/mol. The number of urea groups is 1. The van der Waals surface area contributed by atoms with Crippen molar-refractivity contribution in [2.45, 2.75) is 358 Å². The van der Waals surface area contributed by atoms with Crippen LogP contribution >= 0.6 is 11.8 Å². The zero-order chi connectivity index (χ0) is 89.4. The van der Waals surface area contributed by atoms with Crippen molar-refractivity contribution in [3.05, 3.63) is 97.5 Å². The van der Waals surface area contributed by atoms with E-state index in [4.69, 9.17) is 0 Å². The summed E-state index contributed by atoms with van der Waals surface area (Å²) in [6.07, 6.45) is 16.5. The molecule has 18 heteroatoms. The van der Waals surface area contributed by atoms with Gasteiger partial charge in [-0.15, -0.1) is 11.8 Å². The molecule has 7 unspecified atom stereocenters. The number of nitrogens with one attached hydrogen (secondary N) is 9. The van der Waals surface area contributed by atoms with E-state index in [0.29, 0.717) is 35.3 Å². The van der Waals surface area contributed by atoms with E-state index >= 15 is 0 Å². The molecule has 8 amide bonds. The van der Waals surface area contributed by atoms with Crippen LogP contribution in [0.5, 0.6) is 0 Å². The maximum absolute atomic E-state index is 11.3. The molecule has 8 saturated heterocycles. The molecule has 9 N–H and O–H groups in total. The Labute approximate surface area is 700 Å². The SMILES string of the molecule is C.C=C1C=CN(C(C)C)C(=O)N1.C=C1CC(C(C)C)C(=O)N1.C=C1CCC(C(C)C)C(=O)N1.C=C1CCC(C(C)C)C(=O)N1.C=C1CCC(C(C)C)C(=O)N1.C=C1CCC(C(C)C)CN1.C=C1NCC(C(C)C)S1.CC.CC.CC.CC.CC.CC.CC.CC.CC.CC(C)C.CC(C)C1CCCNC1=O.O=C1CCCN1. The summed E-state index contributed by atoms with van der Waals surface area (Å²) in [5.74, 6) is 7.62. The van der Waals surface area contributed by atoms with Crippen LogP contribution in [0.25, 0.3) is 0 Å². The molecule has 9 heterocycles. The van der Waals surface area contributed by atoms with Gasteiger partial charge >= 0.3 is 6.03 Å². The minimum Gasteiger partial charge on any atom is -0.389 e. The lowest BCUT2D eigenvalue weighted by atomic mass is 9.87. The van der Waals surface area contributed by atoms with E-state index < -0.39 is 0 Å². The number of thioether (sulfide) groups is 1. The first-order chi connectivity index (χ1) is 52.3. The van der Waals surface area contributed by atoms with Gasteiger partial charge in [-0.2, -0.15) is 0 Å². The minimum atomic E-state index is -0.104. The molecule has 0 radical (unpaired) electrons. The molecule has 0 aromatic rings. The summed E-state index contributed by atoms with van der Waals surface area (Å²) in [4.78, 5) is 78.9. The minimum absolute atomic E-state index is 0. The molecule has 9 aliphatic heterocycles. The molecule has 8 fully saturated rings. The third kappa shape index (κ3) is 68.4. The summed E-state index contributed by atoms with van der Waals surface area (Å²) in [7, 11) is 0. The fraction of sp³-hybridized carbons (Fsp3) is 0.755. The average Bonchev–Trinajstić information content (AvgIpc) is 1.86. The Bertz CT molecular complexity index is 2360. The number of hydrogen-bond acceptors (Lipinski definition) is 10. The van der Waals surface area contributed by atoms with Crippen molar-refractivity contribution in [1.82, 2.24) is 52.8 Å².